The van der Waals surface area contributed by atoms with Crippen molar-refractivity contribution in [2.45, 2.75) is 32.0 Å². The molecule has 10 heteroatoms. The minimum absolute atomic E-state index is 0.0439. The lowest BCUT2D eigenvalue weighted by Crippen LogP contribution is -2.16. The van der Waals surface area contributed by atoms with Gasteiger partial charge in [-0.1, -0.05) is 42.4 Å². The average molecular weight is 429 g/mol. The number of halogens is 1. The number of aromatic nitrogens is 3. The van der Waals surface area contributed by atoms with Crippen LogP contribution in [0.3, 0.4) is 0 Å². The SMILES string of the molecule is CCCn1c(SCC(=O)Nc2cc([N+](=O)[O-])ccc2F)nnc1-c1cccc(C)c1. The van der Waals surface area contributed by atoms with Gasteiger partial charge in [0, 0.05) is 24.2 Å². The summed E-state index contributed by atoms with van der Waals surface area (Å²) < 4.78 is 15.8. The Bertz CT molecular complexity index is 1090. The molecule has 0 saturated carbocycles. The Kier molecular flexibility index (Phi) is 6.78. The van der Waals surface area contributed by atoms with Crippen LogP contribution in [-0.4, -0.2) is 31.3 Å². The Morgan fingerprint density at radius 1 is 1.27 bits per heavy atom. The Morgan fingerprint density at radius 3 is 2.77 bits per heavy atom. The maximum Gasteiger partial charge on any atom is 0.271 e. The molecule has 0 radical (unpaired) electrons. The zero-order chi connectivity index (χ0) is 21.7. The number of non-ortho nitro benzene ring substituents is 1. The second-order valence-electron chi connectivity index (χ2n) is 6.59. The van der Waals surface area contributed by atoms with Crippen molar-refractivity contribution in [3.8, 4) is 11.4 Å². The van der Waals surface area contributed by atoms with Crippen molar-refractivity contribution in [2.24, 2.45) is 0 Å². The van der Waals surface area contributed by atoms with Gasteiger partial charge in [0.05, 0.1) is 16.4 Å². The van der Waals surface area contributed by atoms with Gasteiger partial charge in [0.25, 0.3) is 5.69 Å². The molecule has 1 aromatic heterocycles. The smallest absolute Gasteiger partial charge is 0.271 e. The van der Waals surface area contributed by atoms with Gasteiger partial charge in [0.15, 0.2) is 11.0 Å². The van der Waals surface area contributed by atoms with E-state index >= 15 is 0 Å². The van der Waals surface area contributed by atoms with Crippen LogP contribution < -0.4 is 5.32 Å². The molecule has 30 heavy (non-hydrogen) atoms. The Balaban J connectivity index is 1.73. The predicted octanol–water partition coefficient (Wildman–Crippen LogP) is 4.44. The molecule has 0 aliphatic rings. The van der Waals surface area contributed by atoms with E-state index in [1.165, 1.54) is 11.8 Å². The highest BCUT2D eigenvalue weighted by atomic mass is 32.2. The zero-order valence-electron chi connectivity index (χ0n) is 16.5. The van der Waals surface area contributed by atoms with E-state index in [9.17, 15) is 19.3 Å². The van der Waals surface area contributed by atoms with Crippen molar-refractivity contribution in [3.05, 3.63) is 64.0 Å². The third-order valence-electron chi connectivity index (χ3n) is 4.21. The molecule has 1 heterocycles. The van der Waals surface area contributed by atoms with Gasteiger partial charge in [-0.3, -0.25) is 14.9 Å². The molecule has 0 spiro atoms. The number of aryl methyl sites for hydroxylation is 1. The first-order chi connectivity index (χ1) is 14.4. The van der Waals surface area contributed by atoms with E-state index in [-0.39, 0.29) is 17.1 Å². The lowest BCUT2D eigenvalue weighted by molar-refractivity contribution is -0.384. The van der Waals surface area contributed by atoms with Crippen LogP contribution in [-0.2, 0) is 11.3 Å². The molecular weight excluding hydrogens is 409 g/mol. The Labute approximate surface area is 176 Å². The molecule has 2 aromatic carbocycles. The topological polar surface area (TPSA) is 103 Å². The van der Waals surface area contributed by atoms with E-state index in [4.69, 9.17) is 0 Å². The number of carbonyl (C=O) groups excluding carboxylic acids is 1. The zero-order valence-corrected chi connectivity index (χ0v) is 17.3. The highest BCUT2D eigenvalue weighted by Crippen LogP contribution is 2.26. The van der Waals surface area contributed by atoms with Crippen LogP contribution in [0.1, 0.15) is 18.9 Å². The summed E-state index contributed by atoms with van der Waals surface area (Å²) in [5.74, 6) is -0.566. The summed E-state index contributed by atoms with van der Waals surface area (Å²) in [5, 5.41) is 22.3. The van der Waals surface area contributed by atoms with Crippen molar-refractivity contribution in [1.82, 2.24) is 14.8 Å². The van der Waals surface area contributed by atoms with E-state index in [0.717, 1.165) is 35.7 Å². The van der Waals surface area contributed by atoms with E-state index in [2.05, 4.69) is 15.5 Å². The molecule has 0 atom stereocenters. The minimum Gasteiger partial charge on any atom is -0.323 e. The van der Waals surface area contributed by atoms with E-state index in [1.807, 2.05) is 42.7 Å². The third kappa shape index (κ3) is 5.01. The van der Waals surface area contributed by atoms with Crippen LogP contribution in [0.2, 0.25) is 0 Å². The van der Waals surface area contributed by atoms with Gasteiger partial charge in [-0.2, -0.15) is 0 Å². The largest absolute Gasteiger partial charge is 0.323 e. The number of hydrogen-bond donors (Lipinski definition) is 1. The van der Waals surface area contributed by atoms with Crippen LogP contribution in [0.15, 0.2) is 47.6 Å². The van der Waals surface area contributed by atoms with Gasteiger partial charge < -0.3 is 9.88 Å². The first kappa shape index (κ1) is 21.4. The molecule has 0 bridgehead atoms. The predicted molar refractivity (Wildman–Crippen MR) is 113 cm³/mol. The molecule has 0 saturated heterocycles. The van der Waals surface area contributed by atoms with Crippen LogP contribution in [0.4, 0.5) is 15.8 Å². The van der Waals surface area contributed by atoms with E-state index in [0.29, 0.717) is 17.5 Å². The second-order valence-corrected chi connectivity index (χ2v) is 7.53. The molecule has 0 unspecified atom stereocenters. The van der Waals surface area contributed by atoms with Crippen molar-refractivity contribution in [1.29, 1.82) is 0 Å². The molecule has 0 aliphatic heterocycles. The number of carbonyl (C=O) groups is 1. The summed E-state index contributed by atoms with van der Waals surface area (Å²) in [7, 11) is 0. The number of amides is 1. The first-order valence-corrected chi connectivity index (χ1v) is 10.2. The number of rotatable bonds is 8. The summed E-state index contributed by atoms with van der Waals surface area (Å²) in [5.41, 5.74) is 1.51. The molecule has 0 aliphatic carbocycles. The van der Waals surface area contributed by atoms with Crippen LogP contribution in [0, 0.1) is 22.9 Å². The molecule has 0 fully saturated rings. The number of nitrogens with one attached hydrogen (secondary N) is 1. The molecule has 3 rings (SSSR count). The number of nitrogens with zero attached hydrogens (tertiary/aromatic N) is 4. The fourth-order valence-electron chi connectivity index (χ4n) is 2.86. The number of nitro groups is 1. The van der Waals surface area contributed by atoms with Crippen molar-refractivity contribution >= 4 is 29.0 Å². The molecule has 1 N–H and O–H groups in total. The van der Waals surface area contributed by atoms with Gasteiger partial charge in [-0.05, 0) is 25.5 Å². The monoisotopic (exact) mass is 429 g/mol. The molecule has 3 aromatic rings. The summed E-state index contributed by atoms with van der Waals surface area (Å²) >= 11 is 1.17. The fourth-order valence-corrected chi connectivity index (χ4v) is 3.62. The van der Waals surface area contributed by atoms with Crippen molar-refractivity contribution in [3.63, 3.8) is 0 Å². The lowest BCUT2D eigenvalue weighted by Gasteiger charge is -2.10. The van der Waals surface area contributed by atoms with Gasteiger partial charge in [-0.25, -0.2) is 4.39 Å². The van der Waals surface area contributed by atoms with E-state index in [1.54, 1.807) is 0 Å². The van der Waals surface area contributed by atoms with E-state index < -0.39 is 16.6 Å². The van der Waals surface area contributed by atoms with Crippen LogP contribution >= 0.6 is 11.8 Å². The molecule has 8 nitrogen and oxygen atoms in total. The molecule has 156 valence electrons. The quantitative estimate of drug-likeness (QED) is 0.323. The summed E-state index contributed by atoms with van der Waals surface area (Å²) in [6.45, 7) is 4.71. The standard InChI is InChI=1S/C20H20FN5O3S/c1-3-9-25-19(14-6-4-5-13(2)10-14)23-24-20(25)30-12-18(27)22-17-11-15(26(28)29)7-8-16(17)21/h4-8,10-11H,3,9,12H2,1-2H3,(H,22,27). The average Bonchev–Trinajstić information content (AvgIpc) is 3.11. The van der Waals surface area contributed by atoms with Gasteiger partial charge in [-0.15, -0.1) is 10.2 Å². The number of nitro benzene ring substituents is 1. The highest BCUT2D eigenvalue weighted by Gasteiger charge is 2.17. The number of hydrogen-bond acceptors (Lipinski definition) is 6. The maximum atomic E-state index is 13.9. The fraction of sp³-hybridized carbons (Fsp3) is 0.250. The normalized spacial score (nSPS) is 10.8. The first-order valence-electron chi connectivity index (χ1n) is 9.26. The second kappa shape index (κ2) is 9.49. The van der Waals surface area contributed by atoms with Crippen molar-refractivity contribution < 1.29 is 14.1 Å². The van der Waals surface area contributed by atoms with Crippen LogP contribution in [0.25, 0.3) is 11.4 Å². The maximum absolute atomic E-state index is 13.9. The molecule has 1 amide bonds. The Hall–Kier alpha value is -3.27. The van der Waals surface area contributed by atoms with Crippen LogP contribution in [0.5, 0.6) is 0 Å². The Morgan fingerprint density at radius 2 is 2.07 bits per heavy atom. The summed E-state index contributed by atoms with van der Waals surface area (Å²) in [6, 6.07) is 10.9. The summed E-state index contributed by atoms with van der Waals surface area (Å²) in [6.07, 6.45) is 0.857. The van der Waals surface area contributed by atoms with Gasteiger partial charge in [0.2, 0.25) is 5.91 Å². The van der Waals surface area contributed by atoms with Gasteiger partial charge in [0.1, 0.15) is 5.82 Å². The minimum atomic E-state index is -0.741. The van der Waals surface area contributed by atoms with Gasteiger partial charge >= 0.3 is 0 Å². The van der Waals surface area contributed by atoms with Crippen molar-refractivity contribution in [2.75, 3.05) is 11.1 Å². The number of benzene rings is 2. The highest BCUT2D eigenvalue weighted by molar-refractivity contribution is 7.99. The molecular formula is C20H20FN5O3S. The number of anilines is 1. The lowest BCUT2D eigenvalue weighted by atomic mass is 10.1. The number of thioether (sulfide) groups is 1. The summed E-state index contributed by atoms with van der Waals surface area (Å²) in [4.78, 5) is 22.5. The third-order valence-corrected chi connectivity index (χ3v) is 5.17.